The summed E-state index contributed by atoms with van der Waals surface area (Å²) < 4.78 is 70.5. The van der Waals surface area contributed by atoms with Gasteiger partial charge in [0.1, 0.15) is 16.7 Å². The molecule has 0 atom stereocenters. The molecule has 0 bridgehead atoms. The monoisotopic (exact) mass is 584 g/mol. The molecule has 7 nitrogen and oxygen atoms in total. The molecule has 38 heavy (non-hydrogen) atoms. The van der Waals surface area contributed by atoms with Crippen LogP contribution in [0.3, 0.4) is 0 Å². The van der Waals surface area contributed by atoms with Crippen molar-refractivity contribution >= 4 is 54.5 Å². The van der Waals surface area contributed by atoms with Crippen molar-refractivity contribution in [2.45, 2.75) is 25.0 Å². The molecule has 1 N–H and O–H groups in total. The van der Waals surface area contributed by atoms with Crippen LogP contribution in [0, 0.1) is 0 Å². The Kier molecular flexibility index (Phi) is 7.34. The van der Waals surface area contributed by atoms with Gasteiger partial charge in [-0.15, -0.1) is 24.5 Å². The van der Waals surface area contributed by atoms with E-state index in [0.717, 1.165) is 22.2 Å². The molecule has 0 fully saturated rings. The lowest BCUT2D eigenvalue weighted by Gasteiger charge is -2.23. The molecule has 2 aromatic carbocycles. The van der Waals surface area contributed by atoms with Crippen LogP contribution in [0.1, 0.15) is 29.1 Å². The molecule has 0 saturated carbocycles. The highest BCUT2D eigenvalue weighted by molar-refractivity contribution is 7.91. The number of hydrogen-bond donors (Lipinski definition) is 1. The van der Waals surface area contributed by atoms with E-state index in [1.165, 1.54) is 41.9 Å². The fourth-order valence-electron chi connectivity index (χ4n) is 3.36. The second kappa shape index (κ2) is 10.1. The zero-order valence-corrected chi connectivity index (χ0v) is 22.5. The van der Waals surface area contributed by atoms with E-state index in [1.54, 1.807) is 38.1 Å². The number of alkyl halides is 3. The highest BCUT2D eigenvalue weighted by Gasteiger charge is 2.32. The van der Waals surface area contributed by atoms with Gasteiger partial charge in [-0.25, -0.2) is 13.4 Å². The second-order valence-electron chi connectivity index (χ2n) is 8.74. The van der Waals surface area contributed by atoms with Crippen LogP contribution >= 0.6 is 22.9 Å². The van der Waals surface area contributed by atoms with E-state index in [9.17, 15) is 26.4 Å². The standard InChI is InChI=1S/C25H20ClF3N2O5S2/c1-24(2,38(3,33)34)15-4-9-19-14(10-15)11-20(37-19)23(32)30-16-12-21(26)31-22(13-16)35-17-5-7-18(8-6-17)36-25(27,28)29/h4-13H,1-3H3,(H,30,31,32). The van der Waals surface area contributed by atoms with Gasteiger partial charge < -0.3 is 14.8 Å². The predicted octanol–water partition coefficient (Wildman–Crippen LogP) is 7.17. The van der Waals surface area contributed by atoms with Gasteiger partial charge in [0.2, 0.25) is 5.88 Å². The predicted molar refractivity (Wildman–Crippen MR) is 140 cm³/mol. The number of nitrogens with one attached hydrogen (secondary N) is 1. The molecule has 2 aromatic heterocycles. The van der Waals surface area contributed by atoms with Crippen LogP contribution in [-0.2, 0) is 14.6 Å². The van der Waals surface area contributed by atoms with Crippen molar-refractivity contribution < 1.29 is 35.9 Å². The lowest BCUT2D eigenvalue weighted by Crippen LogP contribution is -2.27. The summed E-state index contributed by atoms with van der Waals surface area (Å²) in [5, 5.41) is 3.46. The number of fused-ring (bicyclic) bond motifs is 1. The molecule has 0 unspecified atom stereocenters. The zero-order valence-electron chi connectivity index (χ0n) is 20.1. The van der Waals surface area contributed by atoms with Crippen molar-refractivity contribution in [3.8, 4) is 17.4 Å². The fraction of sp³-hybridized carbons (Fsp3) is 0.200. The number of thiophene rings is 1. The van der Waals surface area contributed by atoms with Crippen LogP contribution in [0.4, 0.5) is 18.9 Å². The van der Waals surface area contributed by atoms with Crippen molar-refractivity contribution in [3.63, 3.8) is 0 Å². The Morgan fingerprint density at radius 3 is 2.29 bits per heavy atom. The highest BCUT2D eigenvalue weighted by atomic mass is 35.5. The Morgan fingerprint density at radius 1 is 1.00 bits per heavy atom. The van der Waals surface area contributed by atoms with Gasteiger partial charge in [0.05, 0.1) is 9.62 Å². The van der Waals surface area contributed by atoms with Crippen molar-refractivity contribution in [2.75, 3.05) is 11.6 Å². The minimum absolute atomic E-state index is 0.00118. The number of ether oxygens (including phenoxy) is 2. The third kappa shape index (κ3) is 6.37. The number of aromatic nitrogens is 1. The summed E-state index contributed by atoms with van der Waals surface area (Å²) in [6, 6.07) is 14.4. The van der Waals surface area contributed by atoms with Crippen LogP contribution in [0.25, 0.3) is 10.1 Å². The number of sulfone groups is 1. The van der Waals surface area contributed by atoms with Crippen LogP contribution < -0.4 is 14.8 Å². The maximum atomic E-state index is 13.0. The van der Waals surface area contributed by atoms with E-state index in [4.69, 9.17) is 16.3 Å². The molecule has 1 amide bonds. The van der Waals surface area contributed by atoms with E-state index in [2.05, 4.69) is 15.0 Å². The summed E-state index contributed by atoms with van der Waals surface area (Å²) >= 11 is 7.31. The first-order chi connectivity index (χ1) is 17.6. The minimum atomic E-state index is -4.81. The number of nitrogens with zero attached hydrogens (tertiary/aromatic N) is 1. The van der Waals surface area contributed by atoms with Crippen LogP contribution in [0.15, 0.2) is 60.7 Å². The van der Waals surface area contributed by atoms with Crippen LogP contribution in [0.2, 0.25) is 5.15 Å². The van der Waals surface area contributed by atoms with Crippen molar-refractivity contribution in [1.82, 2.24) is 4.98 Å². The molecule has 4 rings (SSSR count). The highest BCUT2D eigenvalue weighted by Crippen LogP contribution is 2.35. The zero-order chi connectivity index (χ0) is 27.9. The maximum Gasteiger partial charge on any atom is 0.573 e. The average molecular weight is 585 g/mol. The number of amides is 1. The number of carbonyl (C=O) groups excluding carboxylic acids is 1. The fourth-order valence-corrected chi connectivity index (χ4v) is 5.06. The number of benzene rings is 2. The summed E-state index contributed by atoms with van der Waals surface area (Å²) in [7, 11) is -3.37. The molecule has 0 radical (unpaired) electrons. The molecular formula is C25H20ClF3N2O5S2. The Bertz CT molecular complexity index is 1620. The van der Waals surface area contributed by atoms with E-state index in [0.29, 0.717) is 10.4 Å². The third-order valence-corrected chi connectivity index (χ3v) is 9.07. The van der Waals surface area contributed by atoms with Gasteiger partial charge >= 0.3 is 6.36 Å². The lowest BCUT2D eigenvalue weighted by atomic mass is 10.0. The molecule has 0 saturated heterocycles. The number of halogens is 4. The Morgan fingerprint density at radius 2 is 1.66 bits per heavy atom. The van der Waals surface area contributed by atoms with Gasteiger partial charge in [-0.2, -0.15) is 0 Å². The third-order valence-electron chi connectivity index (χ3n) is 5.67. The molecule has 200 valence electrons. The Balaban J connectivity index is 1.51. The molecule has 2 heterocycles. The van der Waals surface area contributed by atoms with E-state index in [-0.39, 0.29) is 22.5 Å². The first-order valence-electron chi connectivity index (χ1n) is 10.9. The van der Waals surface area contributed by atoms with Gasteiger partial charge in [0.15, 0.2) is 9.84 Å². The Labute approximate surface area is 225 Å². The van der Waals surface area contributed by atoms with E-state index < -0.39 is 32.6 Å². The quantitative estimate of drug-likeness (QED) is 0.231. The number of anilines is 1. The first-order valence-corrected chi connectivity index (χ1v) is 14.0. The number of carbonyl (C=O) groups is 1. The summed E-state index contributed by atoms with van der Waals surface area (Å²) in [5.74, 6) is -0.672. The summed E-state index contributed by atoms with van der Waals surface area (Å²) in [5.41, 5.74) is 0.886. The molecule has 0 aliphatic heterocycles. The molecule has 0 spiro atoms. The summed E-state index contributed by atoms with van der Waals surface area (Å²) in [6.07, 6.45) is -3.63. The number of pyridine rings is 1. The SMILES string of the molecule is CC(C)(c1ccc2sc(C(=O)Nc3cc(Cl)nc(Oc4ccc(OC(F)(F)F)cc4)c3)cc2c1)S(C)(=O)=O. The normalized spacial score (nSPS) is 12.4. The second-order valence-corrected chi connectivity index (χ2v) is 12.8. The topological polar surface area (TPSA) is 94.6 Å². The lowest BCUT2D eigenvalue weighted by molar-refractivity contribution is -0.274. The van der Waals surface area contributed by atoms with Gasteiger partial charge in [-0.05, 0) is 73.3 Å². The summed E-state index contributed by atoms with van der Waals surface area (Å²) in [4.78, 5) is 17.3. The number of rotatable bonds is 7. The van der Waals surface area contributed by atoms with E-state index >= 15 is 0 Å². The largest absolute Gasteiger partial charge is 0.573 e. The molecule has 4 aromatic rings. The van der Waals surface area contributed by atoms with Gasteiger partial charge in [0.25, 0.3) is 5.91 Å². The average Bonchev–Trinajstić information content (AvgIpc) is 3.22. The van der Waals surface area contributed by atoms with Crippen LogP contribution in [-0.4, -0.2) is 31.9 Å². The smallest absolute Gasteiger partial charge is 0.439 e. The van der Waals surface area contributed by atoms with Crippen LogP contribution in [0.5, 0.6) is 17.4 Å². The maximum absolute atomic E-state index is 13.0. The van der Waals surface area contributed by atoms with Gasteiger partial charge in [0, 0.05) is 22.7 Å². The minimum Gasteiger partial charge on any atom is -0.439 e. The van der Waals surface area contributed by atoms with E-state index in [1.807, 2.05) is 0 Å². The van der Waals surface area contributed by atoms with Gasteiger partial charge in [-0.1, -0.05) is 17.7 Å². The molecule has 0 aliphatic carbocycles. The molecule has 0 aliphatic rings. The summed E-state index contributed by atoms with van der Waals surface area (Å²) in [6.45, 7) is 3.25. The number of hydrogen-bond acceptors (Lipinski definition) is 7. The van der Waals surface area contributed by atoms with Crippen molar-refractivity contribution in [1.29, 1.82) is 0 Å². The molecule has 13 heteroatoms. The molecular weight excluding hydrogens is 565 g/mol. The Hall–Kier alpha value is -3.35. The first kappa shape index (κ1) is 27.7. The van der Waals surface area contributed by atoms with Crippen molar-refractivity contribution in [3.05, 3.63) is 76.3 Å². The van der Waals surface area contributed by atoms with Gasteiger partial charge in [-0.3, -0.25) is 4.79 Å². The van der Waals surface area contributed by atoms with Crippen molar-refractivity contribution in [2.24, 2.45) is 0 Å².